The molecule has 9 nitrogen and oxygen atoms in total. The quantitative estimate of drug-likeness (QED) is 0.230. The molecule has 1 aromatic carbocycles. The standard InChI is InChI=1S/C23H40O9/c1-22-3-2-4-23(21-22)32-20-19-31-18-17-30-16-15-29-14-13-28-12-11-27-10-9-26-8-7-25-6-5-24/h2-4,21,24H,5-20H2,1H3. The lowest BCUT2D eigenvalue weighted by molar-refractivity contribution is -0.0221. The van der Waals surface area contributed by atoms with Gasteiger partial charge in [0.1, 0.15) is 12.4 Å². The van der Waals surface area contributed by atoms with Crippen molar-refractivity contribution in [2.75, 3.05) is 106 Å². The Morgan fingerprint density at radius 1 is 0.531 bits per heavy atom. The number of aryl methyl sites for hydroxylation is 1. The van der Waals surface area contributed by atoms with Gasteiger partial charge >= 0.3 is 0 Å². The van der Waals surface area contributed by atoms with E-state index in [9.17, 15) is 0 Å². The summed E-state index contributed by atoms with van der Waals surface area (Å²) in [4.78, 5) is 0. The zero-order chi connectivity index (χ0) is 23.0. The summed E-state index contributed by atoms with van der Waals surface area (Å²) in [5, 5.41) is 8.54. The molecular weight excluding hydrogens is 420 g/mol. The zero-order valence-corrected chi connectivity index (χ0v) is 19.3. The SMILES string of the molecule is Cc1cccc(OCCOCCOCCOCCOCCOCCOCCOCCO)c1. The van der Waals surface area contributed by atoms with Gasteiger partial charge in [0.25, 0.3) is 0 Å². The van der Waals surface area contributed by atoms with E-state index in [2.05, 4.69) is 0 Å². The summed E-state index contributed by atoms with van der Waals surface area (Å²) in [6.07, 6.45) is 0. The van der Waals surface area contributed by atoms with Crippen molar-refractivity contribution < 1.29 is 43.0 Å². The fourth-order valence-electron chi connectivity index (χ4n) is 2.41. The van der Waals surface area contributed by atoms with Crippen LogP contribution in [-0.2, 0) is 33.2 Å². The lowest BCUT2D eigenvalue weighted by atomic mass is 10.2. The molecule has 0 fully saturated rings. The second-order valence-electron chi connectivity index (χ2n) is 6.68. The van der Waals surface area contributed by atoms with Gasteiger partial charge in [0.2, 0.25) is 0 Å². The maximum atomic E-state index is 8.54. The van der Waals surface area contributed by atoms with E-state index in [1.54, 1.807) is 0 Å². The number of rotatable bonds is 24. The van der Waals surface area contributed by atoms with Gasteiger partial charge in [-0.05, 0) is 24.6 Å². The molecule has 1 N–H and O–H groups in total. The molecule has 0 saturated carbocycles. The second-order valence-corrected chi connectivity index (χ2v) is 6.68. The minimum Gasteiger partial charge on any atom is -0.491 e. The fraction of sp³-hybridized carbons (Fsp3) is 0.739. The minimum atomic E-state index is 0.0316. The van der Waals surface area contributed by atoms with E-state index in [0.717, 1.165) is 5.75 Å². The molecule has 0 aliphatic heterocycles. The molecule has 0 aromatic heterocycles. The Morgan fingerprint density at radius 3 is 1.28 bits per heavy atom. The first kappa shape index (κ1) is 28.7. The predicted molar refractivity (Wildman–Crippen MR) is 119 cm³/mol. The highest BCUT2D eigenvalue weighted by atomic mass is 16.6. The van der Waals surface area contributed by atoms with Crippen molar-refractivity contribution in [1.29, 1.82) is 0 Å². The molecule has 0 heterocycles. The van der Waals surface area contributed by atoms with Crippen LogP contribution in [0.3, 0.4) is 0 Å². The van der Waals surface area contributed by atoms with Gasteiger partial charge in [-0.3, -0.25) is 0 Å². The highest BCUT2D eigenvalue weighted by Gasteiger charge is 1.96. The second kappa shape index (κ2) is 22.9. The maximum Gasteiger partial charge on any atom is 0.119 e. The molecule has 0 spiro atoms. The Balaban J connectivity index is 1.67. The van der Waals surface area contributed by atoms with Crippen molar-refractivity contribution in [3.63, 3.8) is 0 Å². The molecular formula is C23H40O9. The number of aliphatic hydroxyl groups excluding tert-OH is 1. The summed E-state index contributed by atoms with van der Waals surface area (Å²) in [5.41, 5.74) is 1.18. The molecule has 0 aliphatic carbocycles. The van der Waals surface area contributed by atoms with Crippen LogP contribution in [0.25, 0.3) is 0 Å². The zero-order valence-electron chi connectivity index (χ0n) is 19.3. The van der Waals surface area contributed by atoms with Crippen LogP contribution in [0.5, 0.6) is 5.75 Å². The first-order chi connectivity index (χ1) is 15.8. The molecule has 32 heavy (non-hydrogen) atoms. The first-order valence-electron chi connectivity index (χ1n) is 11.2. The highest BCUT2D eigenvalue weighted by Crippen LogP contribution is 2.11. The van der Waals surface area contributed by atoms with Crippen LogP contribution < -0.4 is 4.74 Å². The van der Waals surface area contributed by atoms with Gasteiger partial charge in [-0.1, -0.05) is 12.1 Å². The first-order valence-corrected chi connectivity index (χ1v) is 11.2. The topological polar surface area (TPSA) is 94.1 Å². The predicted octanol–water partition coefficient (Wildman–Crippen LogP) is 1.48. The third kappa shape index (κ3) is 19.4. The molecule has 0 saturated heterocycles. The Hall–Kier alpha value is -1.30. The van der Waals surface area contributed by atoms with Crippen molar-refractivity contribution in [2.45, 2.75) is 6.92 Å². The molecule has 0 unspecified atom stereocenters. The molecule has 0 atom stereocenters. The largest absolute Gasteiger partial charge is 0.491 e. The van der Waals surface area contributed by atoms with Gasteiger partial charge in [-0.25, -0.2) is 0 Å². The van der Waals surface area contributed by atoms with E-state index in [4.69, 9.17) is 43.0 Å². The normalized spacial score (nSPS) is 11.2. The van der Waals surface area contributed by atoms with E-state index in [1.165, 1.54) is 5.56 Å². The minimum absolute atomic E-state index is 0.0316. The summed E-state index contributed by atoms with van der Waals surface area (Å²) in [5.74, 6) is 0.862. The maximum absolute atomic E-state index is 8.54. The van der Waals surface area contributed by atoms with Crippen molar-refractivity contribution >= 4 is 0 Å². The summed E-state index contributed by atoms with van der Waals surface area (Å²) in [7, 11) is 0. The van der Waals surface area contributed by atoms with Gasteiger partial charge in [-0.15, -0.1) is 0 Å². The molecule has 1 rings (SSSR count). The van der Waals surface area contributed by atoms with Crippen LogP contribution in [0.4, 0.5) is 0 Å². The molecule has 186 valence electrons. The lowest BCUT2D eigenvalue weighted by Gasteiger charge is -2.09. The van der Waals surface area contributed by atoms with Gasteiger partial charge in [0.15, 0.2) is 0 Å². The third-order valence-electron chi connectivity index (χ3n) is 3.95. The van der Waals surface area contributed by atoms with Crippen LogP contribution in [0, 0.1) is 6.92 Å². The van der Waals surface area contributed by atoms with E-state index in [-0.39, 0.29) is 6.61 Å². The van der Waals surface area contributed by atoms with E-state index in [1.807, 2.05) is 31.2 Å². The number of aliphatic hydroxyl groups is 1. The van der Waals surface area contributed by atoms with E-state index >= 15 is 0 Å². The molecule has 0 amide bonds. The average Bonchev–Trinajstić information content (AvgIpc) is 2.79. The van der Waals surface area contributed by atoms with Gasteiger partial charge < -0.3 is 43.0 Å². The molecule has 0 aliphatic rings. The van der Waals surface area contributed by atoms with Gasteiger partial charge in [0.05, 0.1) is 99.1 Å². The van der Waals surface area contributed by atoms with Crippen LogP contribution in [0.1, 0.15) is 5.56 Å². The van der Waals surface area contributed by atoms with Crippen LogP contribution in [0.15, 0.2) is 24.3 Å². The summed E-state index contributed by atoms with van der Waals surface area (Å²) in [6, 6.07) is 7.95. The average molecular weight is 461 g/mol. The van der Waals surface area contributed by atoms with Crippen LogP contribution >= 0.6 is 0 Å². The Labute approximate surface area is 191 Å². The van der Waals surface area contributed by atoms with Gasteiger partial charge in [0, 0.05) is 0 Å². The molecule has 0 radical (unpaired) electrons. The summed E-state index contributed by atoms with van der Waals surface area (Å²) < 4.78 is 43.2. The van der Waals surface area contributed by atoms with Crippen molar-refractivity contribution in [3.8, 4) is 5.75 Å². The Kier molecular flexibility index (Phi) is 20.5. The van der Waals surface area contributed by atoms with E-state index < -0.39 is 0 Å². The number of hydrogen-bond acceptors (Lipinski definition) is 9. The van der Waals surface area contributed by atoms with Crippen molar-refractivity contribution in [1.82, 2.24) is 0 Å². The number of benzene rings is 1. The Bertz CT molecular complexity index is 516. The number of hydrogen-bond donors (Lipinski definition) is 1. The summed E-state index contributed by atoms with van der Waals surface area (Å²) in [6.45, 7) is 9.65. The van der Waals surface area contributed by atoms with E-state index in [0.29, 0.717) is 99.1 Å². The lowest BCUT2D eigenvalue weighted by Crippen LogP contribution is -2.15. The number of ether oxygens (including phenoxy) is 8. The molecule has 0 bridgehead atoms. The monoisotopic (exact) mass is 460 g/mol. The fourth-order valence-corrected chi connectivity index (χ4v) is 2.41. The van der Waals surface area contributed by atoms with Crippen LogP contribution in [-0.4, -0.2) is 111 Å². The Morgan fingerprint density at radius 2 is 0.906 bits per heavy atom. The summed E-state index contributed by atoms with van der Waals surface area (Å²) >= 11 is 0. The van der Waals surface area contributed by atoms with Crippen molar-refractivity contribution in [3.05, 3.63) is 29.8 Å². The van der Waals surface area contributed by atoms with Crippen molar-refractivity contribution in [2.24, 2.45) is 0 Å². The third-order valence-corrected chi connectivity index (χ3v) is 3.95. The van der Waals surface area contributed by atoms with Crippen LogP contribution in [0.2, 0.25) is 0 Å². The smallest absolute Gasteiger partial charge is 0.119 e. The molecule has 1 aromatic rings. The highest BCUT2D eigenvalue weighted by molar-refractivity contribution is 5.27. The molecule has 9 heteroatoms. The van der Waals surface area contributed by atoms with Gasteiger partial charge in [-0.2, -0.15) is 0 Å².